The number of nitrogens with zero attached hydrogens (tertiary/aromatic N) is 1. The molecular weight excluding hydrogens is 458 g/mol. The van der Waals surface area contributed by atoms with Gasteiger partial charge >= 0.3 is 6.03 Å². The highest BCUT2D eigenvalue weighted by Gasteiger charge is 2.40. The van der Waals surface area contributed by atoms with E-state index in [9.17, 15) is 14.7 Å². The van der Waals surface area contributed by atoms with Crippen molar-refractivity contribution in [2.45, 2.75) is 75.7 Å². The number of β-amino-alcohol motifs (C(OH)–C–C–N with tert-alkyl or cyclic N) is 1. The van der Waals surface area contributed by atoms with Gasteiger partial charge in [0.2, 0.25) is 5.91 Å². The van der Waals surface area contributed by atoms with Gasteiger partial charge in [-0.2, -0.15) is 0 Å². The number of carbonyl (C=O) groups excluding carboxylic acids is 2. The van der Waals surface area contributed by atoms with E-state index in [4.69, 9.17) is 21.1 Å². The Kier molecular flexibility index (Phi) is 9.05. The second-order valence-corrected chi connectivity index (χ2v) is 10.2. The van der Waals surface area contributed by atoms with E-state index in [1.54, 1.807) is 29.2 Å². The Bertz CT molecular complexity index is 817. The standard InChI is InChI=1S/C25H36ClN3O5/c26-18-6-8-19(9-7-18)28-25(32)29-14-20(30)15-33-16-23-22(29)11-10-21(34-23)12-24(31)27-13-17-4-2-1-3-5-17/h6-9,17,20-23,30H,1-5,10-16H2,(H,27,31)(H,28,32)/t20-,21+,22+,23-/m0/s1. The summed E-state index contributed by atoms with van der Waals surface area (Å²) in [5.41, 5.74) is 0.628. The van der Waals surface area contributed by atoms with Gasteiger partial charge in [-0.05, 0) is 55.9 Å². The molecule has 9 heteroatoms. The van der Waals surface area contributed by atoms with Gasteiger partial charge in [0, 0.05) is 17.3 Å². The zero-order valence-corrected chi connectivity index (χ0v) is 20.3. The van der Waals surface area contributed by atoms with Crippen LogP contribution in [0.4, 0.5) is 10.5 Å². The van der Waals surface area contributed by atoms with Gasteiger partial charge in [0.15, 0.2) is 0 Å². The fourth-order valence-electron chi connectivity index (χ4n) is 5.23. The minimum Gasteiger partial charge on any atom is -0.389 e. The first kappa shape index (κ1) is 25.2. The number of fused-ring (bicyclic) bond motifs is 1. The maximum absolute atomic E-state index is 13.1. The monoisotopic (exact) mass is 493 g/mol. The largest absolute Gasteiger partial charge is 0.389 e. The Morgan fingerprint density at radius 2 is 1.82 bits per heavy atom. The molecule has 2 aliphatic heterocycles. The highest BCUT2D eigenvalue weighted by molar-refractivity contribution is 6.30. The molecule has 188 valence electrons. The summed E-state index contributed by atoms with van der Waals surface area (Å²) in [7, 11) is 0. The third-order valence-electron chi connectivity index (χ3n) is 7.06. The molecule has 3 amide bonds. The summed E-state index contributed by atoms with van der Waals surface area (Å²) in [6, 6.07) is 6.35. The number of benzene rings is 1. The summed E-state index contributed by atoms with van der Waals surface area (Å²) in [5, 5.41) is 16.9. The zero-order valence-electron chi connectivity index (χ0n) is 19.6. The molecule has 0 bridgehead atoms. The van der Waals surface area contributed by atoms with Crippen molar-refractivity contribution in [1.29, 1.82) is 0 Å². The SMILES string of the molecule is O=C(C[C@H]1CC[C@@H]2[C@H](COC[C@@H](O)CN2C(=O)Nc2ccc(Cl)cc2)O1)NCC1CCCCC1. The van der Waals surface area contributed by atoms with Crippen molar-refractivity contribution in [2.75, 3.05) is 31.6 Å². The van der Waals surface area contributed by atoms with Crippen LogP contribution in [0.15, 0.2) is 24.3 Å². The fourth-order valence-corrected chi connectivity index (χ4v) is 5.36. The van der Waals surface area contributed by atoms with Crippen LogP contribution < -0.4 is 10.6 Å². The van der Waals surface area contributed by atoms with E-state index in [1.807, 2.05) is 0 Å². The first-order chi connectivity index (χ1) is 16.5. The molecule has 3 N–H and O–H groups in total. The van der Waals surface area contributed by atoms with Gasteiger partial charge in [-0.3, -0.25) is 4.79 Å². The average molecular weight is 494 g/mol. The molecule has 4 atom stereocenters. The molecule has 0 spiro atoms. The summed E-state index contributed by atoms with van der Waals surface area (Å²) in [4.78, 5) is 27.3. The molecule has 0 radical (unpaired) electrons. The molecule has 0 aromatic heterocycles. The van der Waals surface area contributed by atoms with Crippen LogP contribution in [0.25, 0.3) is 0 Å². The van der Waals surface area contributed by atoms with Gasteiger partial charge in [0.05, 0.1) is 44.4 Å². The van der Waals surface area contributed by atoms with E-state index in [2.05, 4.69) is 10.6 Å². The van der Waals surface area contributed by atoms with Crippen LogP contribution in [0.3, 0.4) is 0 Å². The van der Waals surface area contributed by atoms with Crippen molar-refractivity contribution in [1.82, 2.24) is 10.2 Å². The van der Waals surface area contributed by atoms with Crippen molar-refractivity contribution in [3.63, 3.8) is 0 Å². The Hall–Kier alpha value is -1.87. The van der Waals surface area contributed by atoms with Crippen molar-refractivity contribution < 1.29 is 24.2 Å². The van der Waals surface area contributed by atoms with Gasteiger partial charge in [-0.25, -0.2) is 4.79 Å². The number of aliphatic hydroxyl groups is 1. The van der Waals surface area contributed by atoms with Gasteiger partial charge in [0.1, 0.15) is 6.10 Å². The minimum atomic E-state index is -0.778. The van der Waals surface area contributed by atoms with Crippen LogP contribution >= 0.6 is 11.6 Å². The molecule has 4 rings (SSSR count). The molecule has 1 aromatic carbocycles. The predicted molar refractivity (Wildman–Crippen MR) is 130 cm³/mol. The number of ether oxygens (including phenoxy) is 2. The quantitative estimate of drug-likeness (QED) is 0.582. The lowest BCUT2D eigenvalue weighted by molar-refractivity contribution is -0.149. The molecule has 1 saturated carbocycles. The topological polar surface area (TPSA) is 100 Å². The van der Waals surface area contributed by atoms with Crippen LogP contribution in [0.5, 0.6) is 0 Å². The van der Waals surface area contributed by atoms with E-state index in [0.717, 1.165) is 6.54 Å². The van der Waals surface area contributed by atoms with Crippen LogP contribution in [-0.2, 0) is 14.3 Å². The lowest BCUT2D eigenvalue weighted by atomic mass is 9.89. The van der Waals surface area contributed by atoms with Crippen LogP contribution in [-0.4, -0.2) is 72.6 Å². The Labute approximate surface area is 206 Å². The summed E-state index contributed by atoms with van der Waals surface area (Å²) >= 11 is 5.94. The number of nitrogens with one attached hydrogen (secondary N) is 2. The fraction of sp³-hybridized carbons (Fsp3) is 0.680. The third-order valence-corrected chi connectivity index (χ3v) is 7.31. The van der Waals surface area contributed by atoms with Crippen LogP contribution in [0, 0.1) is 5.92 Å². The highest BCUT2D eigenvalue weighted by atomic mass is 35.5. The smallest absolute Gasteiger partial charge is 0.322 e. The summed E-state index contributed by atoms with van der Waals surface area (Å²) in [6.07, 6.45) is 6.52. The lowest BCUT2D eigenvalue weighted by Crippen LogP contribution is -2.58. The average Bonchev–Trinajstić information content (AvgIpc) is 2.82. The van der Waals surface area contributed by atoms with Crippen molar-refractivity contribution in [2.24, 2.45) is 5.92 Å². The molecule has 1 aliphatic carbocycles. The van der Waals surface area contributed by atoms with Gasteiger partial charge in [-0.1, -0.05) is 30.9 Å². The second kappa shape index (κ2) is 12.2. The molecule has 3 aliphatic rings. The van der Waals surface area contributed by atoms with Crippen molar-refractivity contribution in [3.05, 3.63) is 29.3 Å². The molecule has 2 heterocycles. The number of carbonyl (C=O) groups is 2. The third kappa shape index (κ3) is 7.07. The number of amides is 3. The number of rotatable bonds is 5. The number of urea groups is 1. The molecular formula is C25H36ClN3O5. The second-order valence-electron chi connectivity index (χ2n) is 9.73. The Balaban J connectivity index is 1.33. The highest BCUT2D eigenvalue weighted by Crippen LogP contribution is 2.29. The number of anilines is 1. The van der Waals surface area contributed by atoms with E-state index in [0.29, 0.717) is 35.9 Å². The Morgan fingerprint density at radius 1 is 1.06 bits per heavy atom. The number of hydrogen-bond acceptors (Lipinski definition) is 5. The van der Waals surface area contributed by atoms with Gasteiger partial charge < -0.3 is 30.1 Å². The van der Waals surface area contributed by atoms with E-state index >= 15 is 0 Å². The van der Waals surface area contributed by atoms with Gasteiger partial charge in [-0.15, -0.1) is 0 Å². The van der Waals surface area contributed by atoms with E-state index < -0.39 is 6.10 Å². The number of halogens is 1. The maximum Gasteiger partial charge on any atom is 0.322 e. The first-order valence-electron chi connectivity index (χ1n) is 12.5. The zero-order chi connectivity index (χ0) is 23.9. The number of hydrogen-bond donors (Lipinski definition) is 3. The summed E-state index contributed by atoms with van der Waals surface area (Å²) < 4.78 is 11.9. The Morgan fingerprint density at radius 3 is 2.59 bits per heavy atom. The van der Waals surface area contributed by atoms with Crippen LogP contribution in [0.1, 0.15) is 51.4 Å². The predicted octanol–water partition coefficient (Wildman–Crippen LogP) is 3.57. The molecule has 1 aromatic rings. The first-order valence-corrected chi connectivity index (χ1v) is 12.9. The normalized spacial score (nSPS) is 28.4. The minimum absolute atomic E-state index is 0.0218. The van der Waals surface area contributed by atoms with E-state index in [-0.39, 0.29) is 49.9 Å². The summed E-state index contributed by atoms with van der Waals surface area (Å²) in [5.74, 6) is 0.612. The molecule has 3 fully saturated rings. The van der Waals surface area contributed by atoms with Crippen LogP contribution in [0.2, 0.25) is 5.02 Å². The molecule has 2 saturated heterocycles. The van der Waals surface area contributed by atoms with Crippen molar-refractivity contribution in [3.8, 4) is 0 Å². The number of aliphatic hydroxyl groups excluding tert-OH is 1. The van der Waals surface area contributed by atoms with E-state index in [1.165, 1.54) is 32.1 Å². The molecule has 8 nitrogen and oxygen atoms in total. The molecule has 0 unspecified atom stereocenters. The lowest BCUT2D eigenvalue weighted by Gasteiger charge is -2.44. The van der Waals surface area contributed by atoms with Gasteiger partial charge in [0.25, 0.3) is 0 Å². The van der Waals surface area contributed by atoms with Crippen molar-refractivity contribution >= 4 is 29.2 Å². The molecule has 34 heavy (non-hydrogen) atoms. The maximum atomic E-state index is 13.1. The summed E-state index contributed by atoms with van der Waals surface area (Å²) in [6.45, 7) is 1.30.